The van der Waals surface area contributed by atoms with E-state index < -0.39 is 5.97 Å². The highest BCUT2D eigenvalue weighted by Crippen LogP contribution is 2.27. The van der Waals surface area contributed by atoms with E-state index in [2.05, 4.69) is 30.8 Å². The molecule has 2 rings (SSSR count). The van der Waals surface area contributed by atoms with Gasteiger partial charge in [0, 0.05) is 5.41 Å². The SMILES string of the molecule is COC(=O)c1ccc(OCc2nc(C(C)(C)C)no2)c(Br)c1. The van der Waals surface area contributed by atoms with Gasteiger partial charge in [0.1, 0.15) is 5.75 Å². The second kappa shape index (κ2) is 6.48. The van der Waals surface area contributed by atoms with E-state index in [4.69, 9.17) is 9.26 Å². The van der Waals surface area contributed by atoms with E-state index in [-0.39, 0.29) is 12.0 Å². The van der Waals surface area contributed by atoms with E-state index in [1.165, 1.54) is 7.11 Å². The smallest absolute Gasteiger partial charge is 0.337 e. The fourth-order valence-corrected chi connectivity index (χ4v) is 2.11. The minimum atomic E-state index is -0.404. The number of esters is 1. The highest BCUT2D eigenvalue weighted by molar-refractivity contribution is 9.10. The van der Waals surface area contributed by atoms with Crippen molar-refractivity contribution < 1.29 is 18.8 Å². The summed E-state index contributed by atoms with van der Waals surface area (Å²) in [5, 5.41) is 3.93. The lowest BCUT2D eigenvalue weighted by atomic mass is 9.96. The molecule has 0 N–H and O–H groups in total. The monoisotopic (exact) mass is 368 g/mol. The van der Waals surface area contributed by atoms with Crippen molar-refractivity contribution >= 4 is 21.9 Å². The molecule has 0 aliphatic heterocycles. The van der Waals surface area contributed by atoms with Gasteiger partial charge in [-0.2, -0.15) is 4.98 Å². The van der Waals surface area contributed by atoms with Gasteiger partial charge in [0.05, 0.1) is 17.1 Å². The van der Waals surface area contributed by atoms with Gasteiger partial charge in [-0.25, -0.2) is 4.79 Å². The maximum absolute atomic E-state index is 11.4. The second-order valence-electron chi connectivity index (χ2n) is 5.69. The Morgan fingerprint density at radius 1 is 1.36 bits per heavy atom. The molecule has 118 valence electrons. The van der Waals surface area contributed by atoms with E-state index in [9.17, 15) is 4.79 Å². The summed E-state index contributed by atoms with van der Waals surface area (Å²) in [6.45, 7) is 6.17. The molecule has 0 radical (unpaired) electrons. The third-order valence-corrected chi connectivity index (χ3v) is 3.46. The van der Waals surface area contributed by atoms with Crippen molar-refractivity contribution in [1.29, 1.82) is 0 Å². The average molecular weight is 369 g/mol. The molecule has 0 bridgehead atoms. The van der Waals surface area contributed by atoms with Crippen molar-refractivity contribution in [2.75, 3.05) is 7.11 Å². The summed E-state index contributed by atoms with van der Waals surface area (Å²) in [5.74, 6) is 1.20. The van der Waals surface area contributed by atoms with Crippen LogP contribution in [0.4, 0.5) is 0 Å². The molecule has 1 aromatic heterocycles. The summed E-state index contributed by atoms with van der Waals surface area (Å²) >= 11 is 3.36. The van der Waals surface area contributed by atoms with Gasteiger partial charge in [0.2, 0.25) is 0 Å². The molecule has 7 heteroatoms. The van der Waals surface area contributed by atoms with Crippen molar-refractivity contribution in [2.24, 2.45) is 0 Å². The second-order valence-corrected chi connectivity index (χ2v) is 6.54. The van der Waals surface area contributed by atoms with E-state index in [0.717, 1.165) is 0 Å². The number of aromatic nitrogens is 2. The van der Waals surface area contributed by atoms with Crippen molar-refractivity contribution in [1.82, 2.24) is 10.1 Å². The minimum absolute atomic E-state index is 0.152. The van der Waals surface area contributed by atoms with Crippen LogP contribution in [0.1, 0.15) is 42.8 Å². The first kappa shape index (κ1) is 16.5. The molecular formula is C15H17BrN2O4. The van der Waals surface area contributed by atoms with Crippen molar-refractivity contribution in [3.63, 3.8) is 0 Å². The molecule has 2 aromatic rings. The standard InChI is InChI=1S/C15H17BrN2O4/c1-15(2,3)14-17-12(22-18-14)8-21-11-6-5-9(7-10(11)16)13(19)20-4/h5-7H,8H2,1-4H3. The third-order valence-electron chi connectivity index (χ3n) is 2.84. The maximum Gasteiger partial charge on any atom is 0.337 e. The lowest BCUT2D eigenvalue weighted by molar-refractivity contribution is 0.0600. The van der Waals surface area contributed by atoms with Crippen LogP contribution in [0.2, 0.25) is 0 Å². The van der Waals surface area contributed by atoms with Gasteiger partial charge < -0.3 is 14.0 Å². The first-order valence-corrected chi connectivity index (χ1v) is 7.44. The molecule has 6 nitrogen and oxygen atoms in total. The Morgan fingerprint density at radius 3 is 2.64 bits per heavy atom. The van der Waals surface area contributed by atoms with E-state index in [0.29, 0.717) is 27.5 Å². The van der Waals surface area contributed by atoms with Gasteiger partial charge >= 0.3 is 5.97 Å². The lowest BCUT2D eigenvalue weighted by Gasteiger charge is -2.11. The maximum atomic E-state index is 11.4. The minimum Gasteiger partial charge on any atom is -0.483 e. The van der Waals surface area contributed by atoms with Gasteiger partial charge in [0.15, 0.2) is 12.4 Å². The number of hydrogen-bond donors (Lipinski definition) is 0. The number of halogens is 1. The highest BCUT2D eigenvalue weighted by Gasteiger charge is 2.21. The Hall–Kier alpha value is -1.89. The number of hydrogen-bond acceptors (Lipinski definition) is 6. The zero-order valence-electron chi connectivity index (χ0n) is 12.8. The van der Waals surface area contributed by atoms with E-state index >= 15 is 0 Å². The molecule has 0 unspecified atom stereocenters. The fourth-order valence-electron chi connectivity index (χ4n) is 1.62. The number of methoxy groups -OCH3 is 1. The highest BCUT2D eigenvalue weighted by atomic mass is 79.9. The molecule has 1 aromatic carbocycles. The Labute approximate surface area is 136 Å². The first-order chi connectivity index (χ1) is 10.3. The first-order valence-electron chi connectivity index (χ1n) is 6.65. The molecule has 0 spiro atoms. The Morgan fingerprint density at radius 2 is 2.09 bits per heavy atom. The summed E-state index contributed by atoms with van der Waals surface area (Å²) in [6, 6.07) is 4.94. The van der Waals surface area contributed by atoms with Crippen LogP contribution in [-0.4, -0.2) is 23.2 Å². The zero-order chi connectivity index (χ0) is 16.3. The topological polar surface area (TPSA) is 74.5 Å². The Bertz CT molecular complexity index is 676. The van der Waals surface area contributed by atoms with Crippen LogP contribution < -0.4 is 4.74 Å². The Kier molecular flexibility index (Phi) is 4.85. The van der Waals surface area contributed by atoms with Crippen molar-refractivity contribution in [2.45, 2.75) is 32.8 Å². The van der Waals surface area contributed by atoms with Crippen LogP contribution in [0.15, 0.2) is 27.2 Å². The van der Waals surface area contributed by atoms with Gasteiger partial charge in [-0.1, -0.05) is 25.9 Å². The fraction of sp³-hybridized carbons (Fsp3) is 0.400. The molecule has 0 fully saturated rings. The predicted octanol–water partition coefficient (Wildman–Crippen LogP) is 3.50. The molecule has 0 aliphatic rings. The molecular weight excluding hydrogens is 352 g/mol. The number of nitrogens with zero attached hydrogens (tertiary/aromatic N) is 2. The molecule has 0 saturated heterocycles. The number of carbonyl (C=O) groups is 1. The number of rotatable bonds is 4. The predicted molar refractivity (Wildman–Crippen MR) is 82.8 cm³/mol. The quantitative estimate of drug-likeness (QED) is 0.768. The normalized spacial score (nSPS) is 11.3. The summed E-state index contributed by atoms with van der Waals surface area (Å²) < 4.78 is 16.1. The Balaban J connectivity index is 2.06. The summed E-state index contributed by atoms with van der Waals surface area (Å²) in [7, 11) is 1.34. The number of benzene rings is 1. The van der Waals surface area contributed by atoms with Crippen molar-refractivity contribution in [3.05, 3.63) is 40.0 Å². The molecule has 0 atom stereocenters. The van der Waals surface area contributed by atoms with Crippen LogP contribution in [0, 0.1) is 0 Å². The molecule has 0 aliphatic carbocycles. The number of carbonyl (C=O) groups excluding carboxylic acids is 1. The lowest BCUT2D eigenvalue weighted by Crippen LogP contribution is -2.13. The van der Waals surface area contributed by atoms with Crippen LogP contribution in [-0.2, 0) is 16.8 Å². The largest absolute Gasteiger partial charge is 0.483 e. The van der Waals surface area contributed by atoms with Gasteiger partial charge in [-0.05, 0) is 34.1 Å². The van der Waals surface area contributed by atoms with Gasteiger partial charge in [0.25, 0.3) is 5.89 Å². The number of ether oxygens (including phenoxy) is 2. The average Bonchev–Trinajstić information content (AvgIpc) is 2.94. The summed E-state index contributed by atoms with van der Waals surface area (Å²) in [6.07, 6.45) is 0. The van der Waals surface area contributed by atoms with Crippen LogP contribution in [0.3, 0.4) is 0 Å². The summed E-state index contributed by atoms with van der Waals surface area (Å²) in [5.41, 5.74) is 0.263. The molecule has 1 heterocycles. The van der Waals surface area contributed by atoms with Crippen LogP contribution in [0.5, 0.6) is 5.75 Å². The van der Waals surface area contributed by atoms with Gasteiger partial charge in [-0.3, -0.25) is 0 Å². The van der Waals surface area contributed by atoms with Crippen molar-refractivity contribution in [3.8, 4) is 5.75 Å². The van der Waals surface area contributed by atoms with Crippen LogP contribution >= 0.6 is 15.9 Å². The van der Waals surface area contributed by atoms with E-state index in [1.54, 1.807) is 18.2 Å². The van der Waals surface area contributed by atoms with Gasteiger partial charge in [-0.15, -0.1) is 0 Å². The molecule has 0 saturated carbocycles. The van der Waals surface area contributed by atoms with E-state index in [1.807, 2.05) is 20.8 Å². The molecule has 0 amide bonds. The third kappa shape index (κ3) is 3.85. The molecule has 22 heavy (non-hydrogen) atoms. The van der Waals surface area contributed by atoms with Crippen LogP contribution in [0.25, 0.3) is 0 Å². The zero-order valence-corrected chi connectivity index (χ0v) is 14.4. The summed E-state index contributed by atoms with van der Waals surface area (Å²) in [4.78, 5) is 15.7.